The van der Waals surface area contributed by atoms with Crippen LogP contribution in [-0.2, 0) is 14.6 Å². The maximum absolute atomic E-state index is 12.1. The van der Waals surface area contributed by atoms with Crippen molar-refractivity contribution in [2.24, 2.45) is 5.92 Å². The Balaban J connectivity index is 1.49. The molecule has 2 aliphatic rings. The summed E-state index contributed by atoms with van der Waals surface area (Å²) in [6.45, 7) is 1.62. The molecule has 120 valence electrons. The van der Waals surface area contributed by atoms with Gasteiger partial charge in [-0.15, -0.1) is 0 Å². The highest BCUT2D eigenvalue weighted by Gasteiger charge is 2.34. The normalized spacial score (nSPS) is 25.1. The molecule has 2 aliphatic heterocycles. The summed E-state index contributed by atoms with van der Waals surface area (Å²) in [5.41, 5.74) is 0. The van der Waals surface area contributed by atoms with Gasteiger partial charge in [-0.05, 0) is 19.3 Å². The first-order chi connectivity index (χ1) is 10.5. The lowest BCUT2D eigenvalue weighted by atomic mass is 10.0. The van der Waals surface area contributed by atoms with E-state index in [0.29, 0.717) is 6.42 Å². The number of carbonyl (C=O) groups is 1. The van der Waals surface area contributed by atoms with Crippen LogP contribution >= 0.6 is 0 Å². The van der Waals surface area contributed by atoms with E-state index in [2.05, 4.69) is 20.2 Å². The Hall–Kier alpha value is -1.70. The molecule has 1 atom stereocenters. The molecule has 3 rings (SSSR count). The molecule has 0 saturated carbocycles. The van der Waals surface area contributed by atoms with E-state index in [0.717, 1.165) is 31.7 Å². The highest BCUT2D eigenvalue weighted by molar-refractivity contribution is 7.91. The lowest BCUT2D eigenvalue weighted by molar-refractivity contribution is -0.125. The number of nitrogens with zero attached hydrogens (tertiary/aromatic N) is 3. The van der Waals surface area contributed by atoms with Crippen LogP contribution in [0.4, 0.5) is 5.82 Å². The zero-order valence-electron chi connectivity index (χ0n) is 12.3. The summed E-state index contributed by atoms with van der Waals surface area (Å²) in [6.07, 6.45) is 7.17. The Morgan fingerprint density at radius 2 is 2.00 bits per heavy atom. The maximum atomic E-state index is 12.1. The van der Waals surface area contributed by atoms with Crippen LogP contribution in [0.3, 0.4) is 0 Å². The summed E-state index contributed by atoms with van der Waals surface area (Å²) in [6, 6.07) is 0.115. The molecule has 1 aromatic heterocycles. The van der Waals surface area contributed by atoms with Gasteiger partial charge in [-0.1, -0.05) is 0 Å². The average molecular weight is 324 g/mol. The van der Waals surface area contributed by atoms with E-state index >= 15 is 0 Å². The van der Waals surface area contributed by atoms with E-state index in [-0.39, 0.29) is 29.4 Å². The quantitative estimate of drug-likeness (QED) is 0.841. The van der Waals surface area contributed by atoms with Crippen molar-refractivity contribution in [2.45, 2.75) is 25.3 Å². The third-order valence-corrected chi connectivity index (χ3v) is 6.09. The third-order valence-electron chi connectivity index (χ3n) is 4.32. The molecular weight excluding hydrogens is 304 g/mol. The molecule has 22 heavy (non-hydrogen) atoms. The molecule has 2 saturated heterocycles. The number of nitrogens with one attached hydrogen (secondary N) is 1. The van der Waals surface area contributed by atoms with Crippen molar-refractivity contribution in [1.29, 1.82) is 0 Å². The number of rotatable bonds is 3. The average Bonchev–Trinajstić information content (AvgIpc) is 2.89. The van der Waals surface area contributed by atoms with Gasteiger partial charge >= 0.3 is 0 Å². The minimum Gasteiger partial charge on any atom is -0.355 e. The summed E-state index contributed by atoms with van der Waals surface area (Å²) < 4.78 is 22.9. The van der Waals surface area contributed by atoms with Gasteiger partial charge in [0.05, 0.1) is 23.6 Å². The van der Waals surface area contributed by atoms with Crippen molar-refractivity contribution < 1.29 is 13.2 Å². The second-order valence-corrected chi connectivity index (χ2v) is 8.16. The highest BCUT2D eigenvalue weighted by atomic mass is 32.2. The second-order valence-electron chi connectivity index (χ2n) is 5.93. The van der Waals surface area contributed by atoms with Gasteiger partial charge in [0.15, 0.2) is 9.84 Å². The van der Waals surface area contributed by atoms with E-state index < -0.39 is 9.84 Å². The van der Waals surface area contributed by atoms with Crippen LogP contribution in [0.15, 0.2) is 18.6 Å². The second kappa shape index (κ2) is 6.20. The minimum absolute atomic E-state index is 0.00270. The lowest BCUT2D eigenvalue weighted by Crippen LogP contribution is -2.46. The monoisotopic (exact) mass is 324 g/mol. The zero-order chi connectivity index (χ0) is 15.6. The smallest absolute Gasteiger partial charge is 0.224 e. The Labute approximate surface area is 130 Å². The van der Waals surface area contributed by atoms with Crippen molar-refractivity contribution >= 4 is 21.6 Å². The zero-order valence-corrected chi connectivity index (χ0v) is 13.1. The van der Waals surface area contributed by atoms with Gasteiger partial charge in [0, 0.05) is 31.5 Å². The number of hydrogen-bond acceptors (Lipinski definition) is 6. The maximum Gasteiger partial charge on any atom is 0.224 e. The van der Waals surface area contributed by atoms with Gasteiger partial charge < -0.3 is 10.2 Å². The van der Waals surface area contributed by atoms with Crippen LogP contribution < -0.4 is 10.2 Å². The van der Waals surface area contributed by atoms with E-state index in [1.807, 2.05) is 0 Å². The van der Waals surface area contributed by atoms with Crippen LogP contribution in [-0.4, -0.2) is 54.9 Å². The predicted molar refractivity (Wildman–Crippen MR) is 82.2 cm³/mol. The molecule has 1 aromatic rings. The molecule has 0 aliphatic carbocycles. The van der Waals surface area contributed by atoms with Crippen LogP contribution in [0.2, 0.25) is 0 Å². The van der Waals surface area contributed by atoms with Crippen molar-refractivity contribution in [3.63, 3.8) is 0 Å². The standard InChI is InChI=1S/C14H20N4O3S/c19-14(11-3-8-22(20,21)10-11)17-12-1-6-18(7-2-12)13-9-15-4-5-16-13/h4-5,9,11-12H,1-3,6-8,10H2,(H,17,19)/t11-/m1/s1. The SMILES string of the molecule is O=C(NC1CCN(c2cnccn2)CC1)[C@@H]1CCS(=O)(=O)C1. The van der Waals surface area contributed by atoms with Gasteiger partial charge in [0.2, 0.25) is 5.91 Å². The Kier molecular flexibility index (Phi) is 4.28. The largest absolute Gasteiger partial charge is 0.355 e. The van der Waals surface area contributed by atoms with Crippen molar-refractivity contribution in [2.75, 3.05) is 29.5 Å². The highest BCUT2D eigenvalue weighted by Crippen LogP contribution is 2.20. The fraction of sp³-hybridized carbons (Fsp3) is 0.643. The van der Waals surface area contributed by atoms with Crippen LogP contribution in [0.1, 0.15) is 19.3 Å². The fourth-order valence-electron chi connectivity index (χ4n) is 3.03. The molecule has 0 aromatic carbocycles. The topological polar surface area (TPSA) is 92.3 Å². The molecule has 8 heteroatoms. The Morgan fingerprint density at radius 1 is 1.23 bits per heavy atom. The van der Waals surface area contributed by atoms with Crippen LogP contribution in [0, 0.1) is 5.92 Å². The fourth-order valence-corrected chi connectivity index (χ4v) is 4.77. The van der Waals surface area contributed by atoms with E-state index in [4.69, 9.17) is 0 Å². The van der Waals surface area contributed by atoms with Crippen LogP contribution in [0.5, 0.6) is 0 Å². The van der Waals surface area contributed by atoms with Gasteiger partial charge in [0.25, 0.3) is 0 Å². The summed E-state index contributed by atoms with van der Waals surface area (Å²) in [7, 11) is -3.01. The summed E-state index contributed by atoms with van der Waals surface area (Å²) in [5.74, 6) is 0.504. The van der Waals surface area contributed by atoms with E-state index in [1.54, 1.807) is 18.6 Å². The Morgan fingerprint density at radius 3 is 2.59 bits per heavy atom. The van der Waals surface area contributed by atoms with Crippen molar-refractivity contribution in [3.8, 4) is 0 Å². The predicted octanol–water partition coefficient (Wildman–Crippen LogP) is -0.00370. The molecule has 3 heterocycles. The first-order valence-electron chi connectivity index (χ1n) is 7.55. The summed E-state index contributed by atoms with van der Waals surface area (Å²) >= 11 is 0. The molecule has 1 amide bonds. The molecule has 1 N–H and O–H groups in total. The first-order valence-corrected chi connectivity index (χ1v) is 9.37. The molecule has 7 nitrogen and oxygen atoms in total. The minimum atomic E-state index is -3.01. The van der Waals surface area contributed by atoms with E-state index in [1.165, 1.54) is 0 Å². The van der Waals surface area contributed by atoms with Gasteiger partial charge in [0.1, 0.15) is 5.82 Å². The molecule has 2 fully saturated rings. The number of amides is 1. The van der Waals surface area contributed by atoms with Gasteiger partial charge in [-0.25, -0.2) is 13.4 Å². The first kappa shape index (κ1) is 15.2. The number of hydrogen-bond donors (Lipinski definition) is 1. The molecular formula is C14H20N4O3S. The molecule has 0 unspecified atom stereocenters. The number of anilines is 1. The lowest BCUT2D eigenvalue weighted by Gasteiger charge is -2.33. The number of carbonyl (C=O) groups excluding carboxylic acids is 1. The number of piperidine rings is 1. The molecule has 0 radical (unpaired) electrons. The molecule has 0 bridgehead atoms. The van der Waals surface area contributed by atoms with E-state index in [9.17, 15) is 13.2 Å². The summed E-state index contributed by atoms with van der Waals surface area (Å²) in [4.78, 5) is 22.6. The van der Waals surface area contributed by atoms with Gasteiger partial charge in [-0.2, -0.15) is 0 Å². The summed E-state index contributed by atoms with van der Waals surface area (Å²) in [5, 5.41) is 3.00. The van der Waals surface area contributed by atoms with Gasteiger partial charge in [-0.3, -0.25) is 9.78 Å². The van der Waals surface area contributed by atoms with Crippen molar-refractivity contribution in [3.05, 3.63) is 18.6 Å². The molecule has 0 spiro atoms. The van der Waals surface area contributed by atoms with Crippen molar-refractivity contribution in [1.82, 2.24) is 15.3 Å². The third kappa shape index (κ3) is 3.55. The van der Waals surface area contributed by atoms with Crippen LogP contribution in [0.25, 0.3) is 0 Å². The Bertz CT molecular complexity index is 627. The number of sulfone groups is 1. The number of aromatic nitrogens is 2.